The number of aliphatic hydroxyl groups is 1. The molecule has 0 unspecified atom stereocenters. The Labute approximate surface area is 113 Å². The summed E-state index contributed by atoms with van der Waals surface area (Å²) in [6, 6.07) is 7.66. The number of amides is 1. The van der Waals surface area contributed by atoms with Gasteiger partial charge in [-0.2, -0.15) is 0 Å². The highest BCUT2D eigenvalue weighted by Crippen LogP contribution is 2.18. The van der Waals surface area contributed by atoms with Crippen molar-refractivity contribution in [3.05, 3.63) is 35.4 Å². The first kappa shape index (κ1) is 14.0. The van der Waals surface area contributed by atoms with Crippen molar-refractivity contribution in [2.24, 2.45) is 0 Å². The smallest absolute Gasteiger partial charge is 0.251 e. The molecule has 1 aromatic rings. The minimum atomic E-state index is -0.196. The lowest BCUT2D eigenvalue weighted by Gasteiger charge is -2.26. The number of carbonyl (C=O) groups excluding carboxylic acids is 1. The summed E-state index contributed by atoms with van der Waals surface area (Å²) >= 11 is 0. The third kappa shape index (κ3) is 4.04. The second-order valence-corrected chi connectivity index (χ2v) is 5.11. The van der Waals surface area contributed by atoms with Crippen molar-refractivity contribution in [3.8, 4) is 0 Å². The van der Waals surface area contributed by atoms with Gasteiger partial charge in [-0.3, -0.25) is 4.79 Å². The van der Waals surface area contributed by atoms with Gasteiger partial charge in [-0.1, -0.05) is 12.1 Å². The Morgan fingerprint density at radius 2 is 2.11 bits per heavy atom. The average molecular weight is 263 g/mol. The Kier molecular flexibility index (Phi) is 4.93. The molecule has 2 rings (SSSR count). The Morgan fingerprint density at radius 1 is 1.37 bits per heavy atom. The van der Waals surface area contributed by atoms with Crippen molar-refractivity contribution in [1.82, 2.24) is 5.32 Å². The van der Waals surface area contributed by atoms with Crippen LogP contribution in [0.5, 0.6) is 0 Å². The Hall–Kier alpha value is -1.39. The SMILES string of the molecule is COCc1cccc(C(=O)NC2CCC(O)CC2)c1. The summed E-state index contributed by atoms with van der Waals surface area (Å²) in [6.07, 6.45) is 3.05. The number of nitrogens with one attached hydrogen (secondary N) is 1. The predicted molar refractivity (Wildman–Crippen MR) is 72.9 cm³/mol. The van der Waals surface area contributed by atoms with E-state index in [-0.39, 0.29) is 18.1 Å². The number of ether oxygens (including phenoxy) is 1. The summed E-state index contributed by atoms with van der Waals surface area (Å²) in [6.45, 7) is 0.511. The molecule has 0 aromatic heterocycles. The van der Waals surface area contributed by atoms with Crippen LogP contribution in [0.15, 0.2) is 24.3 Å². The zero-order valence-electron chi connectivity index (χ0n) is 11.3. The molecule has 1 aliphatic carbocycles. The monoisotopic (exact) mass is 263 g/mol. The lowest BCUT2D eigenvalue weighted by molar-refractivity contribution is 0.0867. The standard InChI is InChI=1S/C15H21NO3/c1-19-10-11-3-2-4-12(9-11)15(18)16-13-5-7-14(17)8-6-13/h2-4,9,13-14,17H,5-8,10H2,1H3,(H,16,18). The van der Waals surface area contributed by atoms with Crippen LogP contribution in [0.2, 0.25) is 0 Å². The maximum Gasteiger partial charge on any atom is 0.251 e. The first-order valence-electron chi connectivity index (χ1n) is 6.76. The Morgan fingerprint density at radius 3 is 2.79 bits per heavy atom. The van der Waals surface area contributed by atoms with Gasteiger partial charge in [0.15, 0.2) is 0 Å². The van der Waals surface area contributed by atoms with E-state index in [1.54, 1.807) is 7.11 Å². The molecule has 4 nitrogen and oxygen atoms in total. The molecule has 1 aliphatic rings. The first-order valence-corrected chi connectivity index (χ1v) is 6.76. The Bertz CT molecular complexity index is 425. The van der Waals surface area contributed by atoms with Gasteiger partial charge in [0.25, 0.3) is 5.91 Å². The molecule has 19 heavy (non-hydrogen) atoms. The molecule has 1 fully saturated rings. The summed E-state index contributed by atoms with van der Waals surface area (Å²) in [5, 5.41) is 12.5. The Balaban J connectivity index is 1.94. The van der Waals surface area contributed by atoms with Crippen LogP contribution < -0.4 is 5.32 Å². The van der Waals surface area contributed by atoms with E-state index in [4.69, 9.17) is 4.74 Å². The molecule has 0 saturated heterocycles. The van der Waals surface area contributed by atoms with Gasteiger partial charge in [-0.15, -0.1) is 0 Å². The van der Waals surface area contributed by atoms with Crippen LogP contribution in [0.1, 0.15) is 41.6 Å². The topological polar surface area (TPSA) is 58.6 Å². The molecule has 104 valence electrons. The molecule has 0 spiro atoms. The molecule has 1 amide bonds. The van der Waals surface area contributed by atoms with Crippen LogP contribution in [0.25, 0.3) is 0 Å². The van der Waals surface area contributed by atoms with Crippen LogP contribution >= 0.6 is 0 Å². The highest BCUT2D eigenvalue weighted by atomic mass is 16.5. The van der Waals surface area contributed by atoms with Crippen LogP contribution in [0.4, 0.5) is 0 Å². The maximum atomic E-state index is 12.1. The molecule has 1 saturated carbocycles. The lowest BCUT2D eigenvalue weighted by Crippen LogP contribution is -2.38. The fraction of sp³-hybridized carbons (Fsp3) is 0.533. The van der Waals surface area contributed by atoms with Crippen molar-refractivity contribution in [2.45, 2.75) is 44.4 Å². The van der Waals surface area contributed by atoms with E-state index in [9.17, 15) is 9.90 Å². The second-order valence-electron chi connectivity index (χ2n) is 5.11. The quantitative estimate of drug-likeness (QED) is 0.872. The normalized spacial score (nSPS) is 23.1. The number of rotatable bonds is 4. The molecule has 0 atom stereocenters. The van der Waals surface area contributed by atoms with Gasteiger partial charge in [-0.05, 0) is 43.4 Å². The molecule has 0 aliphatic heterocycles. The van der Waals surface area contributed by atoms with Crippen molar-refractivity contribution >= 4 is 5.91 Å². The number of benzene rings is 1. The number of carbonyl (C=O) groups is 1. The number of hydrogen-bond donors (Lipinski definition) is 2. The molecule has 1 aromatic carbocycles. The van der Waals surface area contributed by atoms with Gasteiger partial charge in [0.1, 0.15) is 0 Å². The lowest BCUT2D eigenvalue weighted by atomic mass is 9.93. The van der Waals surface area contributed by atoms with Crippen LogP contribution in [-0.2, 0) is 11.3 Å². The summed E-state index contributed by atoms with van der Waals surface area (Å²) in [5.74, 6) is -0.0423. The third-order valence-corrected chi connectivity index (χ3v) is 3.53. The van der Waals surface area contributed by atoms with Gasteiger partial charge in [0.2, 0.25) is 0 Å². The first-order chi connectivity index (χ1) is 9.19. The predicted octanol–water partition coefficient (Wildman–Crippen LogP) is 1.87. The van der Waals surface area contributed by atoms with Gasteiger partial charge in [-0.25, -0.2) is 0 Å². The zero-order valence-corrected chi connectivity index (χ0v) is 11.3. The van der Waals surface area contributed by atoms with E-state index in [1.807, 2.05) is 24.3 Å². The molecule has 4 heteroatoms. The van der Waals surface area contributed by atoms with Crippen molar-refractivity contribution in [1.29, 1.82) is 0 Å². The van der Waals surface area contributed by atoms with Gasteiger partial charge in [0.05, 0.1) is 12.7 Å². The molecular formula is C15H21NO3. The summed E-state index contributed by atoms with van der Waals surface area (Å²) < 4.78 is 5.06. The minimum absolute atomic E-state index is 0.0423. The second kappa shape index (κ2) is 6.68. The van der Waals surface area contributed by atoms with E-state index in [1.165, 1.54) is 0 Å². The van der Waals surface area contributed by atoms with Crippen molar-refractivity contribution in [3.63, 3.8) is 0 Å². The minimum Gasteiger partial charge on any atom is -0.393 e. The van der Waals surface area contributed by atoms with E-state index >= 15 is 0 Å². The van der Waals surface area contributed by atoms with Gasteiger partial charge >= 0.3 is 0 Å². The van der Waals surface area contributed by atoms with Crippen LogP contribution in [-0.4, -0.2) is 30.3 Å². The van der Waals surface area contributed by atoms with Gasteiger partial charge < -0.3 is 15.2 Å². The number of methoxy groups -OCH3 is 1. The van der Waals surface area contributed by atoms with Crippen LogP contribution in [0.3, 0.4) is 0 Å². The molecule has 2 N–H and O–H groups in total. The highest BCUT2D eigenvalue weighted by Gasteiger charge is 2.21. The summed E-state index contributed by atoms with van der Waals surface area (Å²) in [4.78, 5) is 12.1. The molecule has 0 radical (unpaired) electrons. The van der Waals surface area contributed by atoms with E-state index in [0.29, 0.717) is 12.2 Å². The molecule has 0 heterocycles. The molecule has 0 bridgehead atoms. The average Bonchev–Trinajstić information content (AvgIpc) is 2.42. The highest BCUT2D eigenvalue weighted by molar-refractivity contribution is 5.94. The largest absolute Gasteiger partial charge is 0.393 e. The summed E-state index contributed by atoms with van der Waals surface area (Å²) in [5.41, 5.74) is 1.66. The van der Waals surface area contributed by atoms with Crippen molar-refractivity contribution in [2.75, 3.05) is 7.11 Å². The van der Waals surface area contributed by atoms with Gasteiger partial charge in [0, 0.05) is 18.7 Å². The van der Waals surface area contributed by atoms with Crippen molar-refractivity contribution < 1.29 is 14.6 Å². The fourth-order valence-electron chi connectivity index (χ4n) is 2.46. The molecular weight excluding hydrogens is 242 g/mol. The summed E-state index contributed by atoms with van der Waals surface area (Å²) in [7, 11) is 1.64. The van der Waals surface area contributed by atoms with Crippen LogP contribution in [0, 0.1) is 0 Å². The van der Waals surface area contributed by atoms with E-state index in [2.05, 4.69) is 5.32 Å². The van der Waals surface area contributed by atoms with E-state index < -0.39 is 0 Å². The van der Waals surface area contributed by atoms with E-state index in [0.717, 1.165) is 31.2 Å². The maximum absolute atomic E-state index is 12.1. The zero-order chi connectivity index (χ0) is 13.7. The third-order valence-electron chi connectivity index (χ3n) is 3.53. The number of hydrogen-bond acceptors (Lipinski definition) is 3. The fourth-order valence-corrected chi connectivity index (χ4v) is 2.46. The number of aliphatic hydroxyl groups excluding tert-OH is 1.